The van der Waals surface area contributed by atoms with E-state index in [-0.39, 0.29) is 0 Å². The summed E-state index contributed by atoms with van der Waals surface area (Å²) in [5, 5.41) is 3.83. The van der Waals surface area contributed by atoms with Crippen molar-refractivity contribution in [1.82, 2.24) is 5.32 Å². The second kappa shape index (κ2) is 9.95. The zero-order chi connectivity index (χ0) is 24.5. The Morgan fingerprint density at radius 2 is 1.85 bits per heavy atom. The van der Waals surface area contributed by atoms with Crippen molar-refractivity contribution < 1.29 is 22.1 Å². The van der Waals surface area contributed by atoms with Crippen LogP contribution in [0, 0.1) is 4.51 Å². The number of hydrogen-bond acceptors (Lipinski definition) is 6. The standard InChI is InChI=1S/C24H29F3N4O2S/c1-4-16-13-18(30(5-2)6-3)15-21-22(16)29-19-8-7-17(31-11-9-28-10-12-31)14-20(19)34(21)33-23(32)24(25,26)27/h7-8,13-15,28H,4-6,9-12H2,1-3H3. The largest absolute Gasteiger partial charge is 0.492 e. The summed E-state index contributed by atoms with van der Waals surface area (Å²) < 4.78 is 45.5. The molecule has 34 heavy (non-hydrogen) atoms. The highest BCUT2D eigenvalue weighted by Crippen LogP contribution is 2.45. The topological polar surface area (TPSA) is 57.2 Å². The van der Waals surface area contributed by atoms with Crippen LogP contribution in [0.2, 0.25) is 0 Å². The fraction of sp³-hybridized carbons (Fsp3) is 0.458. The molecule has 0 amide bonds. The highest BCUT2D eigenvalue weighted by atomic mass is 32.2. The van der Waals surface area contributed by atoms with Gasteiger partial charge in [0, 0.05) is 61.4 Å². The first kappa shape index (κ1) is 24.5. The molecule has 10 heteroatoms. The Hall–Kier alpha value is -2.59. The molecular formula is C24H29F3N4O2S. The minimum Gasteiger partial charge on any atom is -0.388 e. The van der Waals surface area contributed by atoms with E-state index in [2.05, 4.69) is 15.1 Å². The first-order valence-corrected chi connectivity index (χ1v) is 12.7. The Balaban J connectivity index is 1.96. The van der Waals surface area contributed by atoms with Crippen LogP contribution in [0.3, 0.4) is 0 Å². The summed E-state index contributed by atoms with van der Waals surface area (Å²) in [4.78, 5) is 21.7. The fourth-order valence-electron chi connectivity index (χ4n) is 4.27. The van der Waals surface area contributed by atoms with Crippen LogP contribution in [0.1, 0.15) is 26.3 Å². The minimum atomic E-state index is -5.08. The van der Waals surface area contributed by atoms with Gasteiger partial charge in [-0.05, 0) is 56.2 Å². The van der Waals surface area contributed by atoms with Crippen LogP contribution < -0.4 is 20.5 Å². The maximum atomic E-state index is 13.3. The van der Waals surface area contributed by atoms with Gasteiger partial charge in [0.1, 0.15) is 0 Å². The lowest BCUT2D eigenvalue weighted by atomic mass is 10.1. The lowest BCUT2D eigenvalue weighted by Crippen LogP contribution is -2.43. The van der Waals surface area contributed by atoms with E-state index >= 15 is 0 Å². The Bertz CT molecular complexity index is 1210. The summed E-state index contributed by atoms with van der Waals surface area (Å²) in [6, 6.07) is 9.44. The predicted octanol–water partition coefficient (Wildman–Crippen LogP) is 4.37. The normalized spacial score (nSPS) is 17.5. The van der Waals surface area contributed by atoms with Crippen LogP contribution in [-0.2, 0) is 15.4 Å². The zero-order valence-corrected chi connectivity index (χ0v) is 20.4. The number of anilines is 2. The summed E-state index contributed by atoms with van der Waals surface area (Å²) in [7, 11) is -1.56. The van der Waals surface area contributed by atoms with Crippen molar-refractivity contribution in [2.24, 2.45) is 4.99 Å². The second-order valence-corrected chi connectivity index (χ2v) is 9.70. The molecule has 0 saturated carbocycles. The number of fused-ring (bicyclic) bond motifs is 2. The summed E-state index contributed by atoms with van der Waals surface area (Å²) >= 11 is 0. The van der Waals surface area contributed by atoms with E-state index in [1.807, 2.05) is 51.1 Å². The van der Waals surface area contributed by atoms with Crippen molar-refractivity contribution in [1.29, 1.82) is 0 Å². The van der Waals surface area contributed by atoms with Gasteiger partial charge in [0.15, 0.2) is 0 Å². The van der Waals surface area contributed by atoms with Crippen molar-refractivity contribution in [3.05, 3.63) is 45.8 Å². The molecule has 0 radical (unpaired) electrons. The van der Waals surface area contributed by atoms with Crippen LogP contribution in [0.15, 0.2) is 40.2 Å². The first-order chi connectivity index (χ1) is 16.3. The van der Waals surface area contributed by atoms with E-state index in [4.69, 9.17) is 9.18 Å². The SMILES string of the molecule is CCc1cc(N(CC)CC)cc2c1N=c1ccc(N3CCNCC3)cc1=S2OC(=O)C(F)(F)F. The number of piperazine rings is 1. The molecule has 1 unspecified atom stereocenters. The molecule has 2 aliphatic rings. The predicted molar refractivity (Wildman–Crippen MR) is 129 cm³/mol. The lowest BCUT2D eigenvalue weighted by Gasteiger charge is -2.30. The third kappa shape index (κ3) is 4.79. The quantitative estimate of drug-likeness (QED) is 0.605. The number of aryl methyl sites for hydroxylation is 1. The highest BCUT2D eigenvalue weighted by Gasteiger charge is 2.42. The Kier molecular flexibility index (Phi) is 7.18. The number of rotatable bonds is 6. The zero-order valence-electron chi connectivity index (χ0n) is 19.5. The molecule has 2 heterocycles. The molecule has 6 nitrogen and oxygen atoms in total. The number of benzene rings is 2. The molecule has 4 rings (SSSR count). The summed E-state index contributed by atoms with van der Waals surface area (Å²) in [5.74, 6) is -2.19. The highest BCUT2D eigenvalue weighted by molar-refractivity contribution is 8.05. The van der Waals surface area contributed by atoms with E-state index < -0.39 is 22.9 Å². The molecule has 0 aliphatic carbocycles. The Morgan fingerprint density at radius 3 is 2.47 bits per heavy atom. The molecule has 184 valence electrons. The van der Waals surface area contributed by atoms with Crippen molar-refractivity contribution in [2.45, 2.75) is 38.3 Å². The molecule has 0 aromatic heterocycles. The maximum absolute atomic E-state index is 13.3. The minimum absolute atomic E-state index is 0.500. The van der Waals surface area contributed by atoms with Gasteiger partial charge in [-0.1, -0.05) is 6.92 Å². The number of hydrogen-bond donors (Lipinski definition) is 1. The number of nitrogens with zero attached hydrogens (tertiary/aromatic N) is 3. The average molecular weight is 495 g/mol. The molecule has 2 aromatic rings. The van der Waals surface area contributed by atoms with Crippen LogP contribution in [-0.4, -0.2) is 51.4 Å². The number of carbonyl (C=O) groups is 1. The van der Waals surface area contributed by atoms with Crippen molar-refractivity contribution >= 4 is 33.8 Å². The van der Waals surface area contributed by atoms with Gasteiger partial charge in [-0.2, -0.15) is 13.2 Å². The third-order valence-electron chi connectivity index (χ3n) is 6.10. The molecule has 1 N–H and O–H groups in total. The number of carbonyl (C=O) groups excluding carboxylic acids is 1. The molecule has 0 spiro atoms. The smallest absolute Gasteiger partial charge is 0.388 e. The second-order valence-electron chi connectivity index (χ2n) is 8.12. The van der Waals surface area contributed by atoms with Crippen molar-refractivity contribution in [3.63, 3.8) is 0 Å². The summed E-state index contributed by atoms with van der Waals surface area (Å²) in [6.45, 7) is 10.8. The average Bonchev–Trinajstić information content (AvgIpc) is 2.84. The molecule has 2 aliphatic heterocycles. The van der Waals surface area contributed by atoms with E-state index in [1.165, 1.54) is 0 Å². The third-order valence-corrected chi connectivity index (χ3v) is 7.85. The van der Waals surface area contributed by atoms with Crippen molar-refractivity contribution in [3.8, 4) is 0 Å². The van der Waals surface area contributed by atoms with Gasteiger partial charge in [-0.25, -0.2) is 9.79 Å². The van der Waals surface area contributed by atoms with Gasteiger partial charge in [0.25, 0.3) is 0 Å². The van der Waals surface area contributed by atoms with Crippen LogP contribution in [0.25, 0.3) is 0 Å². The molecule has 1 fully saturated rings. The molecule has 0 bridgehead atoms. The molecule has 1 atom stereocenters. The number of nitrogens with one attached hydrogen (secondary N) is 1. The summed E-state index contributed by atoms with van der Waals surface area (Å²) in [5.41, 5.74) is 3.28. The molecule has 1 saturated heterocycles. The maximum Gasteiger partial charge on any atom is 0.492 e. The van der Waals surface area contributed by atoms with Crippen molar-refractivity contribution in [2.75, 3.05) is 49.1 Å². The van der Waals surface area contributed by atoms with E-state index in [1.54, 1.807) is 0 Å². The number of alkyl halides is 3. The molecular weight excluding hydrogens is 465 g/mol. The van der Waals surface area contributed by atoms with Gasteiger partial charge in [-0.3, -0.25) is 0 Å². The number of halogens is 3. The van der Waals surface area contributed by atoms with Gasteiger partial charge in [0.2, 0.25) is 0 Å². The fourth-order valence-corrected chi connectivity index (χ4v) is 6.05. The molecule has 2 aromatic carbocycles. The van der Waals surface area contributed by atoms with E-state index in [9.17, 15) is 18.0 Å². The van der Waals surface area contributed by atoms with Gasteiger partial charge >= 0.3 is 12.1 Å². The van der Waals surface area contributed by atoms with Crippen LogP contribution >= 0.6 is 10.8 Å². The summed E-state index contributed by atoms with van der Waals surface area (Å²) in [6.07, 6.45) is -4.43. The van der Waals surface area contributed by atoms with Gasteiger partial charge in [0.05, 0.1) is 20.5 Å². The monoisotopic (exact) mass is 494 g/mol. The first-order valence-electron chi connectivity index (χ1n) is 11.5. The van der Waals surface area contributed by atoms with Crippen LogP contribution in [0.4, 0.5) is 30.2 Å². The van der Waals surface area contributed by atoms with Crippen LogP contribution in [0.5, 0.6) is 0 Å². The Labute approximate surface area is 199 Å². The van der Waals surface area contributed by atoms with E-state index in [0.29, 0.717) is 26.9 Å². The van der Waals surface area contributed by atoms with Gasteiger partial charge in [-0.15, -0.1) is 0 Å². The van der Waals surface area contributed by atoms with Gasteiger partial charge < -0.3 is 19.3 Å². The lowest BCUT2D eigenvalue weighted by molar-refractivity contribution is -0.188. The Morgan fingerprint density at radius 1 is 1.15 bits per heavy atom. The van der Waals surface area contributed by atoms with E-state index in [0.717, 1.165) is 56.2 Å².